The standard InChI is InChI=1S/C16H17ClN4O2/c1-19-14(6-7-18-19)16(23)21-10-8-20(9-11-21)15(22)12-2-4-13(17)5-3-12/h2-7H,8-11H2,1H3. The van der Waals surface area contributed by atoms with Crippen molar-refractivity contribution < 1.29 is 9.59 Å². The molecule has 0 N–H and O–H groups in total. The minimum absolute atomic E-state index is 0.0331. The molecule has 1 aromatic heterocycles. The third kappa shape index (κ3) is 3.22. The van der Waals surface area contributed by atoms with Gasteiger partial charge >= 0.3 is 0 Å². The van der Waals surface area contributed by atoms with Crippen molar-refractivity contribution in [2.45, 2.75) is 0 Å². The first-order valence-corrected chi connectivity index (χ1v) is 7.76. The highest BCUT2D eigenvalue weighted by molar-refractivity contribution is 6.30. The normalized spacial score (nSPS) is 14.9. The molecule has 1 fully saturated rings. The van der Waals surface area contributed by atoms with Crippen LogP contribution in [0.15, 0.2) is 36.5 Å². The lowest BCUT2D eigenvalue weighted by Crippen LogP contribution is -2.50. The number of nitrogens with zero attached hydrogens (tertiary/aromatic N) is 4. The van der Waals surface area contributed by atoms with E-state index in [0.717, 1.165) is 0 Å². The Morgan fingerprint density at radius 3 is 2.04 bits per heavy atom. The van der Waals surface area contributed by atoms with Crippen molar-refractivity contribution in [3.63, 3.8) is 0 Å². The maximum Gasteiger partial charge on any atom is 0.272 e. The van der Waals surface area contributed by atoms with Crippen LogP contribution in [0, 0.1) is 0 Å². The van der Waals surface area contributed by atoms with E-state index < -0.39 is 0 Å². The van der Waals surface area contributed by atoms with E-state index in [1.165, 1.54) is 0 Å². The molecule has 1 aliphatic rings. The van der Waals surface area contributed by atoms with E-state index >= 15 is 0 Å². The summed E-state index contributed by atoms with van der Waals surface area (Å²) in [7, 11) is 1.74. The molecule has 0 aliphatic carbocycles. The number of amides is 2. The van der Waals surface area contributed by atoms with Gasteiger partial charge in [0.2, 0.25) is 0 Å². The third-order valence-corrected chi connectivity index (χ3v) is 4.24. The van der Waals surface area contributed by atoms with Crippen LogP contribution in [0.3, 0.4) is 0 Å². The summed E-state index contributed by atoms with van der Waals surface area (Å²) in [6, 6.07) is 8.55. The van der Waals surface area contributed by atoms with Crippen LogP contribution in [0.25, 0.3) is 0 Å². The molecular formula is C16H17ClN4O2. The summed E-state index contributed by atoms with van der Waals surface area (Å²) in [6.07, 6.45) is 1.60. The van der Waals surface area contributed by atoms with Crippen LogP contribution >= 0.6 is 11.6 Å². The number of piperazine rings is 1. The lowest BCUT2D eigenvalue weighted by molar-refractivity contribution is 0.0529. The summed E-state index contributed by atoms with van der Waals surface area (Å²) >= 11 is 5.84. The van der Waals surface area contributed by atoms with Gasteiger partial charge in [0.05, 0.1) is 0 Å². The van der Waals surface area contributed by atoms with E-state index in [0.29, 0.717) is 42.5 Å². The maximum atomic E-state index is 12.4. The van der Waals surface area contributed by atoms with E-state index in [1.807, 2.05) is 0 Å². The van der Waals surface area contributed by atoms with Crippen molar-refractivity contribution in [3.8, 4) is 0 Å². The van der Waals surface area contributed by atoms with Crippen molar-refractivity contribution in [2.75, 3.05) is 26.2 Å². The van der Waals surface area contributed by atoms with E-state index in [4.69, 9.17) is 11.6 Å². The molecule has 1 aromatic carbocycles. The smallest absolute Gasteiger partial charge is 0.272 e. The largest absolute Gasteiger partial charge is 0.335 e. The van der Waals surface area contributed by atoms with Gasteiger partial charge in [0.1, 0.15) is 5.69 Å². The monoisotopic (exact) mass is 332 g/mol. The lowest BCUT2D eigenvalue weighted by atomic mass is 10.2. The van der Waals surface area contributed by atoms with Crippen LogP contribution in [0.2, 0.25) is 5.02 Å². The predicted molar refractivity (Wildman–Crippen MR) is 86.5 cm³/mol. The molecule has 1 saturated heterocycles. The summed E-state index contributed by atoms with van der Waals surface area (Å²) in [5.41, 5.74) is 1.17. The van der Waals surface area contributed by atoms with Crippen molar-refractivity contribution in [2.24, 2.45) is 7.05 Å². The van der Waals surface area contributed by atoms with Gasteiger partial charge in [-0.15, -0.1) is 0 Å². The summed E-state index contributed by atoms with van der Waals surface area (Å²) < 4.78 is 1.56. The Balaban J connectivity index is 1.62. The Morgan fingerprint density at radius 1 is 0.957 bits per heavy atom. The highest BCUT2D eigenvalue weighted by Crippen LogP contribution is 2.14. The van der Waals surface area contributed by atoms with Crippen molar-refractivity contribution in [3.05, 3.63) is 52.8 Å². The molecule has 0 spiro atoms. The Labute approximate surface area is 139 Å². The zero-order valence-corrected chi connectivity index (χ0v) is 13.5. The molecule has 0 bridgehead atoms. The zero-order chi connectivity index (χ0) is 16.4. The number of rotatable bonds is 2. The number of carbonyl (C=O) groups excluding carboxylic acids is 2. The molecule has 2 aromatic rings. The number of aromatic nitrogens is 2. The summed E-state index contributed by atoms with van der Waals surface area (Å²) in [6.45, 7) is 2.07. The van der Waals surface area contributed by atoms with Gasteiger partial charge in [-0.1, -0.05) is 11.6 Å². The molecule has 0 unspecified atom stereocenters. The Morgan fingerprint density at radius 2 is 1.52 bits per heavy atom. The Kier molecular flexibility index (Phi) is 4.34. The number of benzene rings is 1. The van der Waals surface area contributed by atoms with Gasteiger partial charge in [-0.25, -0.2) is 0 Å². The van der Waals surface area contributed by atoms with Crippen LogP contribution in [-0.4, -0.2) is 57.6 Å². The molecule has 0 atom stereocenters. The number of carbonyl (C=O) groups is 2. The van der Waals surface area contributed by atoms with Gasteiger partial charge in [-0.3, -0.25) is 14.3 Å². The highest BCUT2D eigenvalue weighted by atomic mass is 35.5. The molecule has 0 radical (unpaired) electrons. The number of halogens is 1. The van der Waals surface area contributed by atoms with Gasteiger partial charge in [0.25, 0.3) is 11.8 Å². The zero-order valence-electron chi connectivity index (χ0n) is 12.8. The van der Waals surface area contributed by atoms with E-state index in [1.54, 1.807) is 58.1 Å². The molecule has 120 valence electrons. The molecule has 3 rings (SSSR count). The first kappa shape index (κ1) is 15.6. The average molecular weight is 333 g/mol. The number of hydrogen-bond acceptors (Lipinski definition) is 3. The van der Waals surface area contributed by atoms with E-state index in [9.17, 15) is 9.59 Å². The van der Waals surface area contributed by atoms with E-state index in [2.05, 4.69) is 5.10 Å². The average Bonchev–Trinajstić information content (AvgIpc) is 3.00. The molecule has 2 heterocycles. The van der Waals surface area contributed by atoms with Crippen LogP contribution in [0.4, 0.5) is 0 Å². The summed E-state index contributed by atoms with van der Waals surface area (Å²) in [5.74, 6) is -0.0853. The van der Waals surface area contributed by atoms with Crippen LogP contribution in [0.5, 0.6) is 0 Å². The molecule has 6 nitrogen and oxygen atoms in total. The summed E-state index contributed by atoms with van der Waals surface area (Å²) in [4.78, 5) is 28.4. The Hall–Kier alpha value is -2.34. The maximum absolute atomic E-state index is 12.4. The van der Waals surface area contributed by atoms with Crippen molar-refractivity contribution in [1.82, 2.24) is 19.6 Å². The summed E-state index contributed by atoms with van der Waals surface area (Å²) in [5, 5.41) is 4.62. The van der Waals surface area contributed by atoms with Crippen LogP contribution < -0.4 is 0 Å². The molecular weight excluding hydrogens is 316 g/mol. The van der Waals surface area contributed by atoms with Gasteiger partial charge < -0.3 is 9.80 Å². The number of aryl methyl sites for hydroxylation is 1. The van der Waals surface area contributed by atoms with Gasteiger partial charge in [-0.2, -0.15) is 5.10 Å². The second-order valence-electron chi connectivity index (χ2n) is 5.43. The third-order valence-electron chi connectivity index (χ3n) is 3.99. The highest BCUT2D eigenvalue weighted by Gasteiger charge is 2.26. The molecule has 1 aliphatic heterocycles. The molecule has 7 heteroatoms. The molecule has 2 amide bonds. The Bertz CT molecular complexity index is 718. The lowest BCUT2D eigenvalue weighted by Gasteiger charge is -2.34. The first-order chi connectivity index (χ1) is 11.1. The first-order valence-electron chi connectivity index (χ1n) is 7.38. The quantitative estimate of drug-likeness (QED) is 0.840. The van der Waals surface area contributed by atoms with Crippen LogP contribution in [-0.2, 0) is 7.05 Å². The van der Waals surface area contributed by atoms with E-state index in [-0.39, 0.29) is 11.8 Å². The molecule has 0 saturated carbocycles. The second-order valence-corrected chi connectivity index (χ2v) is 5.87. The molecule has 23 heavy (non-hydrogen) atoms. The fourth-order valence-electron chi connectivity index (χ4n) is 2.63. The second kappa shape index (κ2) is 6.42. The topological polar surface area (TPSA) is 58.4 Å². The van der Waals surface area contributed by atoms with Gasteiger partial charge in [0, 0.05) is 50.0 Å². The fourth-order valence-corrected chi connectivity index (χ4v) is 2.76. The minimum atomic E-state index is -0.0522. The SMILES string of the molecule is Cn1nccc1C(=O)N1CCN(C(=O)c2ccc(Cl)cc2)CC1. The van der Waals surface area contributed by atoms with Gasteiger partial charge in [-0.05, 0) is 30.3 Å². The predicted octanol–water partition coefficient (Wildman–Crippen LogP) is 1.67. The van der Waals surface area contributed by atoms with Crippen molar-refractivity contribution in [1.29, 1.82) is 0 Å². The fraction of sp³-hybridized carbons (Fsp3) is 0.312. The minimum Gasteiger partial charge on any atom is -0.335 e. The number of hydrogen-bond donors (Lipinski definition) is 0. The van der Waals surface area contributed by atoms with Crippen LogP contribution in [0.1, 0.15) is 20.8 Å². The van der Waals surface area contributed by atoms with Gasteiger partial charge in [0.15, 0.2) is 0 Å². The van der Waals surface area contributed by atoms with Crippen molar-refractivity contribution >= 4 is 23.4 Å².